The number of sulfone groups is 1. The number of fused-ring (bicyclic) bond motifs is 1. The number of rotatable bonds is 8. The summed E-state index contributed by atoms with van der Waals surface area (Å²) in [6, 6.07) is 6.81. The molecule has 1 aromatic carbocycles. The van der Waals surface area contributed by atoms with Crippen LogP contribution < -0.4 is 4.74 Å². The number of nitrogens with zero attached hydrogens (tertiary/aromatic N) is 1. The minimum Gasteiger partial charge on any atom is -0.496 e. The van der Waals surface area contributed by atoms with Gasteiger partial charge in [-0.25, -0.2) is 8.42 Å². The van der Waals surface area contributed by atoms with Crippen LogP contribution >= 0.6 is 0 Å². The normalized spacial score (nSPS) is 18.0. The topological polar surface area (TPSA) is 46.6 Å². The van der Waals surface area contributed by atoms with Crippen LogP contribution in [-0.2, 0) is 22.7 Å². The van der Waals surface area contributed by atoms with Gasteiger partial charge in [-0.2, -0.15) is 0 Å². The van der Waals surface area contributed by atoms with Gasteiger partial charge in [0.25, 0.3) is 0 Å². The van der Waals surface area contributed by atoms with Crippen molar-refractivity contribution in [1.82, 2.24) is 4.90 Å². The van der Waals surface area contributed by atoms with Crippen LogP contribution in [0.4, 0.5) is 0 Å². The predicted molar refractivity (Wildman–Crippen MR) is 95.0 cm³/mol. The SMILES string of the molecule is CCCN(CCCS(C)(=O)=O)C1CCc2c(cccc2OC)C1. The van der Waals surface area contributed by atoms with E-state index in [0.717, 1.165) is 50.9 Å². The van der Waals surface area contributed by atoms with Crippen molar-refractivity contribution in [3.8, 4) is 5.75 Å². The van der Waals surface area contributed by atoms with E-state index in [1.165, 1.54) is 17.4 Å². The fourth-order valence-electron chi connectivity index (χ4n) is 3.55. The van der Waals surface area contributed by atoms with Gasteiger partial charge >= 0.3 is 0 Å². The first-order chi connectivity index (χ1) is 10.9. The van der Waals surface area contributed by atoms with E-state index >= 15 is 0 Å². The molecule has 5 heteroatoms. The summed E-state index contributed by atoms with van der Waals surface area (Å²) in [6.07, 6.45) is 6.33. The Morgan fingerprint density at radius 2 is 2.09 bits per heavy atom. The van der Waals surface area contributed by atoms with Gasteiger partial charge < -0.3 is 9.64 Å². The molecule has 0 fully saturated rings. The van der Waals surface area contributed by atoms with E-state index in [-0.39, 0.29) is 5.75 Å². The summed E-state index contributed by atoms with van der Waals surface area (Å²) in [5, 5.41) is 0. The van der Waals surface area contributed by atoms with Crippen LogP contribution in [0.15, 0.2) is 18.2 Å². The fourth-order valence-corrected chi connectivity index (χ4v) is 4.20. The molecule has 1 aliphatic carbocycles. The van der Waals surface area contributed by atoms with E-state index in [1.807, 2.05) is 6.07 Å². The van der Waals surface area contributed by atoms with E-state index in [4.69, 9.17) is 4.74 Å². The maximum absolute atomic E-state index is 11.3. The van der Waals surface area contributed by atoms with Gasteiger partial charge in [-0.3, -0.25) is 0 Å². The van der Waals surface area contributed by atoms with E-state index in [1.54, 1.807) is 7.11 Å². The van der Waals surface area contributed by atoms with Gasteiger partial charge in [-0.1, -0.05) is 19.1 Å². The average molecular weight is 340 g/mol. The van der Waals surface area contributed by atoms with E-state index in [0.29, 0.717) is 6.04 Å². The van der Waals surface area contributed by atoms with Crippen LogP contribution in [0.5, 0.6) is 5.75 Å². The van der Waals surface area contributed by atoms with Gasteiger partial charge in [-0.15, -0.1) is 0 Å². The standard InChI is InChI=1S/C18H29NO3S/c1-4-11-19(12-6-13-23(3,20)21)16-9-10-17-15(14-16)7-5-8-18(17)22-2/h5,7-8,16H,4,6,9-14H2,1-3H3. The van der Waals surface area contributed by atoms with E-state index in [2.05, 4.69) is 24.0 Å². The minimum atomic E-state index is -2.87. The molecule has 130 valence electrons. The van der Waals surface area contributed by atoms with Crippen molar-refractivity contribution in [2.75, 3.05) is 32.2 Å². The van der Waals surface area contributed by atoms with Crippen LogP contribution in [0.25, 0.3) is 0 Å². The summed E-state index contributed by atoms with van der Waals surface area (Å²) in [4.78, 5) is 2.48. The lowest BCUT2D eigenvalue weighted by molar-refractivity contribution is 0.179. The van der Waals surface area contributed by atoms with Crippen molar-refractivity contribution in [3.63, 3.8) is 0 Å². The molecule has 0 N–H and O–H groups in total. The molecule has 0 aromatic heterocycles. The van der Waals surface area contributed by atoms with Gasteiger partial charge in [0.2, 0.25) is 0 Å². The quantitative estimate of drug-likeness (QED) is 0.730. The molecule has 4 nitrogen and oxygen atoms in total. The first-order valence-corrected chi connectivity index (χ1v) is 10.6. The number of hydrogen-bond donors (Lipinski definition) is 0. The Morgan fingerprint density at radius 3 is 2.74 bits per heavy atom. The average Bonchev–Trinajstić information content (AvgIpc) is 2.51. The lowest BCUT2D eigenvalue weighted by Gasteiger charge is -2.35. The third-order valence-corrected chi connectivity index (χ3v) is 5.65. The first kappa shape index (κ1) is 18.3. The Bertz CT molecular complexity index is 613. The van der Waals surface area contributed by atoms with Crippen LogP contribution in [-0.4, -0.2) is 51.6 Å². The molecule has 1 unspecified atom stereocenters. The van der Waals surface area contributed by atoms with Crippen LogP contribution in [0.3, 0.4) is 0 Å². The summed E-state index contributed by atoms with van der Waals surface area (Å²) in [6.45, 7) is 4.09. The first-order valence-electron chi connectivity index (χ1n) is 8.51. The molecule has 0 aliphatic heterocycles. The summed E-state index contributed by atoms with van der Waals surface area (Å²) >= 11 is 0. The van der Waals surface area contributed by atoms with E-state index in [9.17, 15) is 8.42 Å². The van der Waals surface area contributed by atoms with Crippen molar-refractivity contribution >= 4 is 9.84 Å². The second-order valence-electron chi connectivity index (χ2n) is 6.51. The van der Waals surface area contributed by atoms with Gasteiger partial charge in [0.15, 0.2) is 0 Å². The molecule has 0 amide bonds. The van der Waals surface area contributed by atoms with Gasteiger partial charge in [0.1, 0.15) is 15.6 Å². The van der Waals surface area contributed by atoms with Crippen LogP contribution in [0, 0.1) is 0 Å². The number of benzene rings is 1. The molecule has 0 radical (unpaired) electrons. The molecule has 1 atom stereocenters. The number of methoxy groups -OCH3 is 1. The molecule has 0 saturated heterocycles. The monoisotopic (exact) mass is 339 g/mol. The number of ether oxygens (including phenoxy) is 1. The highest BCUT2D eigenvalue weighted by atomic mass is 32.2. The largest absolute Gasteiger partial charge is 0.496 e. The van der Waals surface area contributed by atoms with Crippen molar-refractivity contribution in [3.05, 3.63) is 29.3 Å². The van der Waals surface area contributed by atoms with Crippen molar-refractivity contribution in [1.29, 1.82) is 0 Å². The molecule has 1 aromatic rings. The Kier molecular flexibility index (Phi) is 6.48. The summed E-state index contributed by atoms with van der Waals surface area (Å²) in [5.74, 6) is 1.28. The second-order valence-corrected chi connectivity index (χ2v) is 8.77. The zero-order valence-electron chi connectivity index (χ0n) is 14.5. The lowest BCUT2D eigenvalue weighted by Crippen LogP contribution is -2.41. The third kappa shape index (κ3) is 5.21. The van der Waals surface area contributed by atoms with Gasteiger partial charge in [-0.05, 0) is 62.4 Å². The third-order valence-electron chi connectivity index (χ3n) is 4.62. The molecule has 23 heavy (non-hydrogen) atoms. The van der Waals surface area contributed by atoms with Crippen molar-refractivity contribution < 1.29 is 13.2 Å². The molecular weight excluding hydrogens is 310 g/mol. The maximum atomic E-state index is 11.3. The molecule has 1 aliphatic rings. The van der Waals surface area contributed by atoms with Gasteiger partial charge in [0, 0.05) is 12.3 Å². The molecule has 0 bridgehead atoms. The highest BCUT2D eigenvalue weighted by molar-refractivity contribution is 7.90. The summed E-state index contributed by atoms with van der Waals surface area (Å²) in [7, 11) is -1.13. The zero-order chi connectivity index (χ0) is 16.9. The predicted octanol–water partition coefficient (Wildman–Crippen LogP) is 2.70. The highest BCUT2D eigenvalue weighted by Crippen LogP contribution is 2.31. The Hall–Kier alpha value is -1.07. The number of hydrogen-bond acceptors (Lipinski definition) is 4. The Balaban J connectivity index is 2.03. The van der Waals surface area contributed by atoms with E-state index < -0.39 is 9.84 Å². The Labute approximate surface area is 140 Å². The summed E-state index contributed by atoms with van der Waals surface area (Å²) in [5.41, 5.74) is 2.73. The molecule has 2 rings (SSSR count). The minimum absolute atomic E-state index is 0.282. The fraction of sp³-hybridized carbons (Fsp3) is 0.667. The van der Waals surface area contributed by atoms with Crippen LogP contribution in [0.2, 0.25) is 0 Å². The highest BCUT2D eigenvalue weighted by Gasteiger charge is 2.25. The molecule has 0 spiro atoms. The molecular formula is C18H29NO3S. The zero-order valence-corrected chi connectivity index (χ0v) is 15.4. The van der Waals surface area contributed by atoms with Crippen molar-refractivity contribution in [2.45, 2.75) is 45.1 Å². The molecule has 0 heterocycles. The lowest BCUT2D eigenvalue weighted by atomic mass is 9.86. The Morgan fingerprint density at radius 1 is 1.30 bits per heavy atom. The maximum Gasteiger partial charge on any atom is 0.147 e. The van der Waals surface area contributed by atoms with Crippen LogP contribution in [0.1, 0.15) is 37.3 Å². The second kappa shape index (κ2) is 8.15. The smallest absolute Gasteiger partial charge is 0.147 e. The molecule has 0 saturated carbocycles. The van der Waals surface area contributed by atoms with Crippen molar-refractivity contribution in [2.24, 2.45) is 0 Å². The van der Waals surface area contributed by atoms with Gasteiger partial charge in [0.05, 0.1) is 12.9 Å². The summed E-state index contributed by atoms with van der Waals surface area (Å²) < 4.78 is 28.2.